The van der Waals surface area contributed by atoms with Gasteiger partial charge in [0.25, 0.3) is 0 Å². The minimum atomic E-state index is -0.341. The van der Waals surface area contributed by atoms with Gasteiger partial charge < -0.3 is 14.0 Å². The van der Waals surface area contributed by atoms with Crippen molar-refractivity contribution in [2.75, 3.05) is 14.2 Å². The van der Waals surface area contributed by atoms with Crippen LogP contribution < -0.4 is 4.74 Å². The molecular weight excluding hydrogens is 290 g/mol. The first-order chi connectivity index (χ1) is 11.0. The second kappa shape index (κ2) is 7.36. The maximum Gasteiger partial charge on any atom is 0.343 e. The van der Waals surface area contributed by atoms with Gasteiger partial charge >= 0.3 is 5.97 Å². The first-order valence-electron chi connectivity index (χ1n) is 7.96. The summed E-state index contributed by atoms with van der Waals surface area (Å²) in [5, 5.41) is 0. The fraction of sp³-hybridized carbons (Fsp3) is 0.421. The van der Waals surface area contributed by atoms with Crippen LogP contribution in [0, 0.1) is 0 Å². The number of methoxy groups -OCH3 is 2. The molecule has 0 bridgehead atoms. The number of benzene rings is 1. The summed E-state index contributed by atoms with van der Waals surface area (Å²) in [4.78, 5) is 12.3. The Hall–Kier alpha value is -2.23. The molecule has 0 N–H and O–H groups in total. The zero-order valence-corrected chi connectivity index (χ0v) is 14.6. The Bertz CT molecular complexity index is 672. The van der Waals surface area contributed by atoms with Gasteiger partial charge in [0.05, 0.1) is 19.9 Å². The summed E-state index contributed by atoms with van der Waals surface area (Å²) in [5.74, 6) is 0.480. The lowest BCUT2D eigenvalue weighted by Crippen LogP contribution is -2.12. The third-order valence-electron chi connectivity index (χ3n) is 4.02. The molecule has 4 nitrogen and oxygen atoms in total. The summed E-state index contributed by atoms with van der Waals surface area (Å²) in [7, 11) is 3.02. The number of hydrogen-bond donors (Lipinski definition) is 0. The molecule has 0 atom stereocenters. The first kappa shape index (κ1) is 17.1. The Labute approximate surface area is 138 Å². The van der Waals surface area contributed by atoms with Crippen molar-refractivity contribution in [3.05, 3.63) is 52.8 Å². The average molecular weight is 315 g/mol. The highest BCUT2D eigenvalue weighted by molar-refractivity contribution is 5.95. The van der Waals surface area contributed by atoms with Crippen LogP contribution in [-0.2, 0) is 17.7 Å². The van der Waals surface area contributed by atoms with Crippen molar-refractivity contribution in [3.63, 3.8) is 0 Å². The van der Waals surface area contributed by atoms with E-state index in [1.54, 1.807) is 7.11 Å². The normalized spacial score (nSPS) is 10.9. The molecule has 2 rings (SSSR count). The lowest BCUT2D eigenvalue weighted by atomic mass is 10.0. The summed E-state index contributed by atoms with van der Waals surface area (Å²) in [6.07, 6.45) is 0.784. The molecular formula is C19H25NO3. The Balaban J connectivity index is 2.68. The molecule has 0 aliphatic heterocycles. The summed E-state index contributed by atoms with van der Waals surface area (Å²) < 4.78 is 12.8. The number of rotatable bonds is 6. The van der Waals surface area contributed by atoms with E-state index in [9.17, 15) is 4.79 Å². The Morgan fingerprint density at radius 1 is 1.17 bits per heavy atom. The SMILES string of the molecule is CCc1c(OC)c(C(=O)OC)c(C(C)C)n1Cc1ccccc1. The van der Waals surface area contributed by atoms with E-state index in [1.807, 2.05) is 18.2 Å². The summed E-state index contributed by atoms with van der Waals surface area (Å²) in [6.45, 7) is 6.96. The Morgan fingerprint density at radius 3 is 2.30 bits per heavy atom. The number of hydrogen-bond acceptors (Lipinski definition) is 3. The van der Waals surface area contributed by atoms with E-state index in [2.05, 4.69) is 37.5 Å². The number of nitrogens with zero attached hydrogens (tertiary/aromatic N) is 1. The van der Waals surface area contributed by atoms with Crippen molar-refractivity contribution in [3.8, 4) is 5.75 Å². The molecule has 0 amide bonds. The predicted molar refractivity (Wildman–Crippen MR) is 91.3 cm³/mol. The van der Waals surface area contributed by atoms with E-state index in [0.717, 1.165) is 17.8 Å². The van der Waals surface area contributed by atoms with Crippen LogP contribution >= 0.6 is 0 Å². The van der Waals surface area contributed by atoms with Gasteiger partial charge in [0.2, 0.25) is 0 Å². The topological polar surface area (TPSA) is 40.5 Å². The molecule has 2 aromatic rings. The second-order valence-electron chi connectivity index (χ2n) is 5.81. The lowest BCUT2D eigenvalue weighted by Gasteiger charge is -2.16. The Morgan fingerprint density at radius 2 is 1.83 bits per heavy atom. The number of aromatic nitrogens is 1. The van der Waals surface area contributed by atoms with E-state index in [0.29, 0.717) is 17.9 Å². The number of esters is 1. The van der Waals surface area contributed by atoms with Crippen molar-refractivity contribution in [2.24, 2.45) is 0 Å². The highest BCUT2D eigenvalue weighted by Gasteiger charge is 2.29. The van der Waals surface area contributed by atoms with Gasteiger partial charge in [0.15, 0.2) is 5.75 Å². The highest BCUT2D eigenvalue weighted by Crippen LogP contribution is 2.36. The molecule has 0 spiro atoms. The van der Waals surface area contributed by atoms with Crippen LogP contribution in [0.4, 0.5) is 0 Å². The number of carbonyl (C=O) groups is 1. The number of ether oxygens (including phenoxy) is 2. The van der Waals surface area contributed by atoms with Gasteiger partial charge in [-0.3, -0.25) is 0 Å². The monoisotopic (exact) mass is 315 g/mol. The molecule has 4 heteroatoms. The smallest absolute Gasteiger partial charge is 0.343 e. The van der Waals surface area contributed by atoms with Gasteiger partial charge in [0.1, 0.15) is 5.56 Å². The van der Waals surface area contributed by atoms with Gasteiger partial charge in [-0.25, -0.2) is 4.79 Å². The van der Waals surface area contributed by atoms with E-state index >= 15 is 0 Å². The molecule has 1 heterocycles. The molecule has 0 fully saturated rings. The largest absolute Gasteiger partial charge is 0.494 e. The van der Waals surface area contributed by atoms with Gasteiger partial charge in [-0.2, -0.15) is 0 Å². The molecule has 0 saturated heterocycles. The van der Waals surface area contributed by atoms with Crippen LogP contribution in [0.1, 0.15) is 54.0 Å². The van der Waals surface area contributed by atoms with E-state index in [4.69, 9.17) is 9.47 Å². The summed E-state index contributed by atoms with van der Waals surface area (Å²) in [5.41, 5.74) is 3.74. The number of carbonyl (C=O) groups excluding carboxylic acids is 1. The maximum atomic E-state index is 12.3. The van der Waals surface area contributed by atoms with Crippen molar-refractivity contribution in [1.82, 2.24) is 4.57 Å². The van der Waals surface area contributed by atoms with E-state index in [-0.39, 0.29) is 11.9 Å². The fourth-order valence-electron chi connectivity index (χ4n) is 3.08. The van der Waals surface area contributed by atoms with Crippen molar-refractivity contribution >= 4 is 5.97 Å². The molecule has 0 saturated carbocycles. The molecule has 0 unspecified atom stereocenters. The van der Waals surface area contributed by atoms with Gasteiger partial charge in [0, 0.05) is 12.2 Å². The zero-order valence-electron chi connectivity index (χ0n) is 14.6. The Kier molecular flexibility index (Phi) is 5.48. The average Bonchev–Trinajstić information content (AvgIpc) is 2.88. The molecule has 0 radical (unpaired) electrons. The third kappa shape index (κ3) is 3.26. The van der Waals surface area contributed by atoms with Crippen molar-refractivity contribution in [2.45, 2.75) is 39.7 Å². The maximum absolute atomic E-state index is 12.3. The third-order valence-corrected chi connectivity index (χ3v) is 4.02. The molecule has 1 aromatic carbocycles. The van der Waals surface area contributed by atoms with Crippen molar-refractivity contribution in [1.29, 1.82) is 0 Å². The van der Waals surface area contributed by atoms with Crippen LogP contribution in [0.25, 0.3) is 0 Å². The van der Waals surface area contributed by atoms with Gasteiger partial charge in [-0.15, -0.1) is 0 Å². The van der Waals surface area contributed by atoms with Crippen LogP contribution in [-0.4, -0.2) is 24.8 Å². The van der Waals surface area contributed by atoms with Gasteiger partial charge in [-0.1, -0.05) is 51.1 Å². The van der Waals surface area contributed by atoms with E-state index in [1.165, 1.54) is 12.7 Å². The van der Waals surface area contributed by atoms with Crippen LogP contribution in [0.15, 0.2) is 30.3 Å². The molecule has 0 aliphatic carbocycles. The highest BCUT2D eigenvalue weighted by atomic mass is 16.5. The van der Waals surface area contributed by atoms with E-state index < -0.39 is 0 Å². The minimum absolute atomic E-state index is 0.182. The van der Waals surface area contributed by atoms with Crippen LogP contribution in [0.2, 0.25) is 0 Å². The molecule has 0 aliphatic rings. The first-order valence-corrected chi connectivity index (χ1v) is 7.96. The molecule has 23 heavy (non-hydrogen) atoms. The van der Waals surface area contributed by atoms with Crippen LogP contribution in [0.3, 0.4) is 0 Å². The summed E-state index contributed by atoms with van der Waals surface area (Å²) >= 11 is 0. The quantitative estimate of drug-likeness (QED) is 0.756. The minimum Gasteiger partial charge on any atom is -0.494 e. The molecule has 1 aromatic heterocycles. The predicted octanol–water partition coefficient (Wildman–Crippen LogP) is 4.02. The fourth-order valence-corrected chi connectivity index (χ4v) is 3.08. The van der Waals surface area contributed by atoms with Crippen LogP contribution in [0.5, 0.6) is 5.75 Å². The molecule has 124 valence electrons. The lowest BCUT2D eigenvalue weighted by molar-refractivity contribution is 0.0595. The van der Waals surface area contributed by atoms with Gasteiger partial charge in [-0.05, 0) is 17.9 Å². The zero-order chi connectivity index (χ0) is 17.0. The standard InChI is InChI=1S/C19H25NO3/c1-6-15-18(22-4)16(19(21)23-5)17(13(2)3)20(15)12-14-10-8-7-9-11-14/h7-11,13H,6,12H2,1-5H3. The second-order valence-corrected chi connectivity index (χ2v) is 5.81. The van der Waals surface area contributed by atoms with Crippen molar-refractivity contribution < 1.29 is 14.3 Å². The summed E-state index contributed by atoms with van der Waals surface area (Å²) in [6, 6.07) is 10.2.